The molecule has 5 nitrogen and oxygen atoms in total. The topological polar surface area (TPSA) is 71.5 Å². The highest BCUT2D eigenvalue weighted by Crippen LogP contribution is 2.38. The van der Waals surface area contributed by atoms with Crippen molar-refractivity contribution >= 4 is 71.6 Å². The average molecular weight is 472 g/mol. The summed E-state index contributed by atoms with van der Waals surface area (Å²) in [6.45, 7) is 0. The maximum Gasteiger partial charge on any atom is 0.287 e. The lowest BCUT2D eigenvalue weighted by Crippen LogP contribution is -2.36. The van der Waals surface area contributed by atoms with E-state index in [1.165, 1.54) is 24.3 Å². The van der Waals surface area contributed by atoms with E-state index in [9.17, 15) is 21.2 Å². The Bertz CT molecular complexity index is 1100. The second-order valence-corrected chi connectivity index (χ2v) is 12.5. The molecule has 0 N–H and O–H groups in total. The van der Waals surface area contributed by atoms with Crippen LogP contribution in [0.25, 0.3) is 0 Å². The number of sulfonamides is 2. The molecule has 3 rings (SSSR count). The zero-order valence-corrected chi connectivity index (χ0v) is 17.2. The minimum Gasteiger partial charge on any atom is -0.205 e. The minimum absolute atomic E-state index is 0.0691. The fourth-order valence-electron chi connectivity index (χ4n) is 2.02. The number of nitrogens with zero attached hydrogens (tertiary/aromatic N) is 1. The highest BCUT2D eigenvalue weighted by molar-refractivity contribution is 8.11. The number of rotatable bonds is 5. The van der Waals surface area contributed by atoms with Crippen molar-refractivity contribution in [2.75, 3.05) is 3.71 Å². The van der Waals surface area contributed by atoms with Crippen molar-refractivity contribution in [2.24, 2.45) is 0 Å². The molecule has 0 saturated heterocycles. The van der Waals surface area contributed by atoms with Gasteiger partial charge in [-0.05, 0) is 36.4 Å². The van der Waals surface area contributed by atoms with E-state index < -0.39 is 31.6 Å². The molecule has 0 amide bonds. The molecular weight excluding hydrogens is 464 g/mol. The van der Waals surface area contributed by atoms with E-state index in [0.29, 0.717) is 22.7 Å². The first kappa shape index (κ1) is 19.6. The summed E-state index contributed by atoms with van der Waals surface area (Å²) in [6, 6.07) is 9.63. The fourth-order valence-corrected chi connectivity index (χ4v) is 9.10. The molecule has 0 aliphatic rings. The van der Waals surface area contributed by atoms with Crippen molar-refractivity contribution in [3.63, 3.8) is 0 Å². The predicted octanol–water partition coefficient (Wildman–Crippen LogP) is 4.84. The normalized spacial score (nSPS) is 12.3. The summed E-state index contributed by atoms with van der Waals surface area (Å²) < 4.78 is 66.1. The number of para-hydroxylation sites is 1. The predicted molar refractivity (Wildman–Crippen MR) is 102 cm³/mol. The van der Waals surface area contributed by atoms with E-state index in [4.69, 9.17) is 23.2 Å². The first-order chi connectivity index (χ1) is 12.1. The van der Waals surface area contributed by atoms with Crippen molar-refractivity contribution in [3.8, 4) is 0 Å². The summed E-state index contributed by atoms with van der Waals surface area (Å²) in [5, 5.41) is 0. The second-order valence-electron chi connectivity index (χ2n) is 4.78. The number of anilines is 1. The standard InChI is InChI=1S/C14H8Cl2FNO4S4/c15-11-5-7-13(23-11)25(19,20)18(10-4-2-1-3-9(10)17)26(21,22)14-8-6-12(16)24-14/h1-8H. The maximum atomic E-state index is 14.3. The molecule has 12 heteroatoms. The van der Waals surface area contributed by atoms with Crippen molar-refractivity contribution in [1.29, 1.82) is 0 Å². The lowest BCUT2D eigenvalue weighted by molar-refractivity contribution is 0.581. The van der Waals surface area contributed by atoms with Crippen molar-refractivity contribution in [1.82, 2.24) is 0 Å². The molecule has 0 atom stereocenters. The van der Waals surface area contributed by atoms with Gasteiger partial charge in [0.15, 0.2) is 0 Å². The summed E-state index contributed by atoms with van der Waals surface area (Å²) in [4.78, 5) is 0. The third kappa shape index (κ3) is 3.49. The molecular formula is C14H8Cl2FNO4S4. The third-order valence-electron chi connectivity index (χ3n) is 3.09. The summed E-state index contributed by atoms with van der Waals surface area (Å²) in [5.41, 5.74) is -0.624. The first-order valence-electron chi connectivity index (χ1n) is 6.70. The fraction of sp³-hybridized carbons (Fsp3) is 0. The summed E-state index contributed by atoms with van der Waals surface area (Å²) in [6.07, 6.45) is 0. The van der Waals surface area contributed by atoms with Gasteiger partial charge in [-0.2, -0.15) is 20.5 Å². The van der Waals surface area contributed by atoms with Crippen LogP contribution in [-0.4, -0.2) is 16.8 Å². The molecule has 0 radical (unpaired) electrons. The van der Waals surface area contributed by atoms with Crippen LogP contribution in [0.5, 0.6) is 0 Å². The van der Waals surface area contributed by atoms with Crippen molar-refractivity contribution in [2.45, 2.75) is 8.42 Å². The van der Waals surface area contributed by atoms with E-state index in [0.717, 1.165) is 24.3 Å². The lowest BCUT2D eigenvalue weighted by atomic mass is 10.3. The molecule has 0 bridgehead atoms. The van der Waals surface area contributed by atoms with Crippen LogP contribution in [0.3, 0.4) is 0 Å². The largest absolute Gasteiger partial charge is 0.287 e. The van der Waals surface area contributed by atoms with Crippen LogP contribution in [0.1, 0.15) is 0 Å². The summed E-state index contributed by atoms with van der Waals surface area (Å²) >= 11 is 12.9. The highest BCUT2D eigenvalue weighted by atomic mass is 35.5. The zero-order chi connectivity index (χ0) is 19.1. The zero-order valence-electron chi connectivity index (χ0n) is 12.5. The van der Waals surface area contributed by atoms with Gasteiger partial charge >= 0.3 is 0 Å². The van der Waals surface area contributed by atoms with E-state index in [-0.39, 0.29) is 20.8 Å². The Morgan fingerprint density at radius 3 is 1.62 bits per heavy atom. The molecule has 0 aliphatic carbocycles. The monoisotopic (exact) mass is 471 g/mol. The Hall–Kier alpha value is -1.17. The molecule has 0 aliphatic heterocycles. The number of halogens is 3. The van der Waals surface area contributed by atoms with Gasteiger partial charge in [0.2, 0.25) is 0 Å². The van der Waals surface area contributed by atoms with Gasteiger partial charge < -0.3 is 0 Å². The molecule has 26 heavy (non-hydrogen) atoms. The summed E-state index contributed by atoms with van der Waals surface area (Å²) in [5.74, 6) is -1.01. The molecule has 138 valence electrons. The number of benzene rings is 1. The van der Waals surface area contributed by atoms with Gasteiger partial charge in [0.25, 0.3) is 20.0 Å². The molecule has 1 aromatic carbocycles. The minimum atomic E-state index is -4.65. The van der Waals surface area contributed by atoms with Crippen LogP contribution in [0, 0.1) is 5.82 Å². The van der Waals surface area contributed by atoms with Gasteiger partial charge in [-0.3, -0.25) is 0 Å². The van der Waals surface area contributed by atoms with Crippen LogP contribution in [0.15, 0.2) is 56.9 Å². The third-order valence-corrected chi connectivity index (χ3v) is 10.6. The molecule has 0 spiro atoms. The summed E-state index contributed by atoms with van der Waals surface area (Å²) in [7, 11) is -9.30. The number of hydrogen-bond acceptors (Lipinski definition) is 6. The quantitative estimate of drug-likeness (QED) is 0.533. The second kappa shape index (κ2) is 7.10. The van der Waals surface area contributed by atoms with E-state index >= 15 is 0 Å². The number of thiophene rings is 2. The lowest BCUT2D eigenvalue weighted by Gasteiger charge is -2.22. The van der Waals surface area contributed by atoms with Crippen molar-refractivity contribution in [3.05, 3.63) is 63.0 Å². The van der Waals surface area contributed by atoms with Gasteiger partial charge in [0.1, 0.15) is 19.9 Å². The van der Waals surface area contributed by atoms with Crippen LogP contribution in [0.2, 0.25) is 8.67 Å². The Morgan fingerprint density at radius 2 is 1.23 bits per heavy atom. The highest BCUT2D eigenvalue weighted by Gasteiger charge is 2.40. The van der Waals surface area contributed by atoms with Crippen molar-refractivity contribution < 1.29 is 21.2 Å². The van der Waals surface area contributed by atoms with E-state index in [1.54, 1.807) is 0 Å². The van der Waals surface area contributed by atoms with Crippen LogP contribution < -0.4 is 3.71 Å². The van der Waals surface area contributed by atoms with Crippen LogP contribution in [-0.2, 0) is 20.0 Å². The molecule has 3 aromatic rings. The van der Waals surface area contributed by atoms with Gasteiger partial charge in [-0.15, -0.1) is 22.7 Å². The van der Waals surface area contributed by atoms with Gasteiger partial charge in [-0.1, -0.05) is 35.3 Å². The van der Waals surface area contributed by atoms with E-state index in [2.05, 4.69) is 0 Å². The SMILES string of the molecule is O=S(=O)(c1ccc(Cl)s1)N(c1ccccc1F)S(=O)(=O)c1ccc(Cl)s1. The maximum absolute atomic E-state index is 14.3. The molecule has 0 fully saturated rings. The number of hydrogen-bond donors (Lipinski definition) is 0. The van der Waals surface area contributed by atoms with Gasteiger partial charge in [0, 0.05) is 0 Å². The Morgan fingerprint density at radius 1 is 0.769 bits per heavy atom. The van der Waals surface area contributed by atoms with E-state index in [1.807, 2.05) is 0 Å². The molecule has 0 saturated carbocycles. The smallest absolute Gasteiger partial charge is 0.205 e. The Balaban J connectivity index is 2.29. The Labute approximate surface area is 167 Å². The molecule has 0 unspecified atom stereocenters. The Kier molecular flexibility index (Phi) is 5.35. The molecule has 2 heterocycles. The van der Waals surface area contributed by atoms with Gasteiger partial charge in [0.05, 0.1) is 8.67 Å². The van der Waals surface area contributed by atoms with Crippen LogP contribution >= 0.6 is 45.9 Å². The average Bonchev–Trinajstić information content (AvgIpc) is 3.18. The first-order valence-corrected chi connectivity index (χ1v) is 12.0. The van der Waals surface area contributed by atoms with Gasteiger partial charge in [-0.25, -0.2) is 4.39 Å². The molecule has 2 aromatic heterocycles. The van der Waals surface area contributed by atoms with Crippen LogP contribution in [0.4, 0.5) is 10.1 Å².